The Morgan fingerprint density at radius 3 is 2.77 bits per heavy atom. The van der Waals surface area contributed by atoms with E-state index in [0.717, 1.165) is 16.3 Å². The Morgan fingerprint density at radius 2 is 2.08 bits per heavy atom. The van der Waals surface area contributed by atoms with Crippen molar-refractivity contribution in [2.75, 3.05) is 7.11 Å². The Bertz CT molecular complexity index is 894. The highest BCUT2D eigenvalue weighted by Gasteiger charge is 2.38. The molecule has 0 aliphatic heterocycles. The Kier molecular flexibility index (Phi) is 5.16. The van der Waals surface area contributed by atoms with Gasteiger partial charge in [-0.05, 0) is 25.1 Å². The Hall–Kier alpha value is -2.56. The van der Waals surface area contributed by atoms with Crippen molar-refractivity contribution in [3.8, 4) is 17.2 Å². The number of ether oxygens (including phenoxy) is 1. The number of aromatic nitrogens is 5. The van der Waals surface area contributed by atoms with Gasteiger partial charge in [0.25, 0.3) is 5.89 Å². The van der Waals surface area contributed by atoms with Crippen LogP contribution in [0.2, 0.25) is 0 Å². The van der Waals surface area contributed by atoms with Crippen molar-refractivity contribution in [3.63, 3.8) is 0 Å². The Balaban J connectivity index is 1.73. The number of halogens is 3. The predicted molar refractivity (Wildman–Crippen MR) is 86.5 cm³/mol. The van der Waals surface area contributed by atoms with Gasteiger partial charge in [-0.15, -0.1) is 10.2 Å². The van der Waals surface area contributed by atoms with Crippen LogP contribution in [-0.4, -0.2) is 32.0 Å². The van der Waals surface area contributed by atoms with Gasteiger partial charge in [-0.3, -0.25) is 4.57 Å². The van der Waals surface area contributed by atoms with Crippen LogP contribution in [-0.2, 0) is 18.5 Å². The first-order chi connectivity index (χ1) is 12.4. The lowest BCUT2D eigenvalue weighted by Gasteiger charge is -2.08. The molecule has 2 heterocycles. The number of thioether (sulfide) groups is 1. The normalized spacial score (nSPS) is 11.7. The quantitative estimate of drug-likeness (QED) is 0.599. The first-order valence-electron chi connectivity index (χ1n) is 7.52. The third kappa shape index (κ3) is 3.82. The zero-order valence-electron chi connectivity index (χ0n) is 13.8. The van der Waals surface area contributed by atoms with Crippen molar-refractivity contribution in [2.45, 2.75) is 30.6 Å². The molecule has 0 fully saturated rings. The fourth-order valence-corrected chi connectivity index (χ4v) is 3.05. The minimum absolute atomic E-state index is 0.103. The number of nitrogens with zero attached hydrogens (tertiary/aromatic N) is 5. The molecule has 0 N–H and O–H groups in total. The molecule has 138 valence electrons. The second-order valence-electron chi connectivity index (χ2n) is 5.08. The number of alkyl halides is 3. The average Bonchev–Trinajstić information content (AvgIpc) is 3.26. The van der Waals surface area contributed by atoms with Gasteiger partial charge in [-0.1, -0.05) is 23.0 Å². The zero-order chi connectivity index (χ0) is 18.7. The number of methoxy groups -OCH3 is 1. The molecule has 0 spiro atoms. The molecular weight excluding hydrogens is 371 g/mol. The van der Waals surface area contributed by atoms with E-state index in [1.807, 2.05) is 0 Å². The third-order valence-corrected chi connectivity index (χ3v) is 4.36. The molecule has 0 radical (unpaired) electrons. The smallest absolute Gasteiger partial charge is 0.451 e. The Morgan fingerprint density at radius 1 is 1.27 bits per heavy atom. The van der Waals surface area contributed by atoms with E-state index in [0.29, 0.717) is 23.0 Å². The average molecular weight is 385 g/mol. The second kappa shape index (κ2) is 7.36. The molecule has 3 rings (SSSR count). The van der Waals surface area contributed by atoms with Crippen molar-refractivity contribution in [1.29, 1.82) is 0 Å². The maximum absolute atomic E-state index is 12.9. The number of hydrogen-bond acceptors (Lipinski definition) is 7. The van der Waals surface area contributed by atoms with E-state index >= 15 is 0 Å². The lowest BCUT2D eigenvalue weighted by Crippen LogP contribution is -2.14. The van der Waals surface area contributed by atoms with E-state index < -0.39 is 12.0 Å². The van der Waals surface area contributed by atoms with Gasteiger partial charge in [-0.2, -0.15) is 18.2 Å². The summed E-state index contributed by atoms with van der Waals surface area (Å²) in [5, 5.41) is 10.8. The van der Waals surface area contributed by atoms with Gasteiger partial charge >= 0.3 is 6.18 Å². The summed E-state index contributed by atoms with van der Waals surface area (Å²) in [7, 11) is 1.55. The molecule has 0 amide bonds. The first-order valence-corrected chi connectivity index (χ1v) is 8.51. The molecule has 2 aromatic heterocycles. The van der Waals surface area contributed by atoms with Gasteiger partial charge in [-0.25, -0.2) is 0 Å². The molecule has 0 aliphatic rings. The topological polar surface area (TPSA) is 78.9 Å². The molecule has 0 unspecified atom stereocenters. The van der Waals surface area contributed by atoms with Gasteiger partial charge < -0.3 is 9.26 Å². The number of hydrogen-bond donors (Lipinski definition) is 0. The SMILES string of the molecule is CCn1c(SCc2noc(-c3cccc(OC)c3)n2)nnc1C(F)(F)F. The van der Waals surface area contributed by atoms with E-state index in [2.05, 4.69) is 20.3 Å². The summed E-state index contributed by atoms with van der Waals surface area (Å²) in [5.74, 6) is 0.461. The molecule has 1 aromatic carbocycles. The second-order valence-corrected chi connectivity index (χ2v) is 6.03. The highest BCUT2D eigenvalue weighted by Crippen LogP contribution is 2.31. The van der Waals surface area contributed by atoms with Crippen molar-refractivity contribution in [2.24, 2.45) is 0 Å². The lowest BCUT2D eigenvalue weighted by atomic mass is 10.2. The minimum atomic E-state index is -4.55. The monoisotopic (exact) mass is 385 g/mol. The summed E-state index contributed by atoms with van der Waals surface area (Å²) in [5.41, 5.74) is 0.684. The minimum Gasteiger partial charge on any atom is -0.497 e. The van der Waals surface area contributed by atoms with E-state index in [-0.39, 0.29) is 17.5 Å². The van der Waals surface area contributed by atoms with Gasteiger partial charge in [0.05, 0.1) is 12.9 Å². The molecule has 11 heteroatoms. The lowest BCUT2D eigenvalue weighted by molar-refractivity contribution is -0.147. The van der Waals surface area contributed by atoms with Crippen LogP contribution >= 0.6 is 11.8 Å². The van der Waals surface area contributed by atoms with E-state index in [9.17, 15) is 13.2 Å². The molecule has 0 saturated heterocycles. The fourth-order valence-electron chi connectivity index (χ4n) is 2.21. The van der Waals surface area contributed by atoms with Gasteiger partial charge in [0.1, 0.15) is 5.75 Å². The van der Waals surface area contributed by atoms with Crippen molar-refractivity contribution in [3.05, 3.63) is 35.9 Å². The van der Waals surface area contributed by atoms with Gasteiger partial charge in [0.15, 0.2) is 11.0 Å². The summed E-state index contributed by atoms with van der Waals surface area (Å²) in [6, 6.07) is 7.10. The first kappa shape index (κ1) is 18.2. The van der Waals surface area contributed by atoms with Crippen molar-refractivity contribution in [1.82, 2.24) is 24.9 Å². The van der Waals surface area contributed by atoms with Crippen LogP contribution in [0.5, 0.6) is 5.75 Å². The number of rotatable bonds is 6. The molecule has 0 atom stereocenters. The highest BCUT2D eigenvalue weighted by molar-refractivity contribution is 7.98. The number of benzene rings is 1. The summed E-state index contributed by atoms with van der Waals surface area (Å²) in [4.78, 5) is 4.25. The van der Waals surface area contributed by atoms with Gasteiger partial charge in [0.2, 0.25) is 5.82 Å². The largest absolute Gasteiger partial charge is 0.497 e. The van der Waals surface area contributed by atoms with Crippen molar-refractivity contribution < 1.29 is 22.4 Å². The van der Waals surface area contributed by atoms with Crippen LogP contribution in [0.15, 0.2) is 33.9 Å². The molecule has 0 saturated carbocycles. The van der Waals surface area contributed by atoms with Crippen LogP contribution < -0.4 is 4.74 Å². The van der Waals surface area contributed by atoms with Gasteiger partial charge in [0, 0.05) is 12.1 Å². The van der Waals surface area contributed by atoms with Crippen LogP contribution in [0.1, 0.15) is 18.6 Å². The summed E-state index contributed by atoms with van der Waals surface area (Å²) in [6.45, 7) is 1.70. The predicted octanol–water partition coefficient (Wildman–Crippen LogP) is 3.67. The van der Waals surface area contributed by atoms with E-state index in [4.69, 9.17) is 9.26 Å². The molecular formula is C15H14F3N5O2S. The van der Waals surface area contributed by atoms with E-state index in [1.165, 1.54) is 0 Å². The summed E-state index contributed by atoms with van der Waals surface area (Å²) < 4.78 is 50.0. The van der Waals surface area contributed by atoms with Crippen LogP contribution in [0.25, 0.3) is 11.5 Å². The molecule has 3 aromatic rings. The summed E-state index contributed by atoms with van der Waals surface area (Å²) in [6.07, 6.45) is -4.55. The molecule has 0 aliphatic carbocycles. The maximum Gasteiger partial charge on any atom is 0.451 e. The molecule has 26 heavy (non-hydrogen) atoms. The van der Waals surface area contributed by atoms with Crippen LogP contribution in [0, 0.1) is 0 Å². The zero-order valence-corrected chi connectivity index (χ0v) is 14.6. The summed E-state index contributed by atoms with van der Waals surface area (Å²) >= 11 is 1.06. The molecule has 0 bridgehead atoms. The van der Waals surface area contributed by atoms with Crippen LogP contribution in [0.3, 0.4) is 0 Å². The Labute approximate surface area is 150 Å². The standard InChI is InChI=1S/C15H14F3N5O2S/c1-3-23-13(15(16,17)18)20-21-14(23)26-8-11-19-12(25-22-11)9-5-4-6-10(7-9)24-2/h4-7H,3,8H2,1-2H3. The molecule has 7 nitrogen and oxygen atoms in total. The van der Waals surface area contributed by atoms with Crippen LogP contribution in [0.4, 0.5) is 13.2 Å². The van der Waals surface area contributed by atoms with Crippen molar-refractivity contribution >= 4 is 11.8 Å². The fraction of sp³-hybridized carbons (Fsp3) is 0.333. The van der Waals surface area contributed by atoms with E-state index in [1.54, 1.807) is 38.3 Å². The third-order valence-electron chi connectivity index (χ3n) is 3.40. The maximum atomic E-state index is 12.9. The highest BCUT2D eigenvalue weighted by atomic mass is 32.2.